The summed E-state index contributed by atoms with van der Waals surface area (Å²) in [6.07, 6.45) is 6.14. The Kier molecular flexibility index (Phi) is 4.16. The van der Waals surface area contributed by atoms with Crippen molar-refractivity contribution < 1.29 is 5.11 Å². The molecule has 2 bridgehead atoms. The van der Waals surface area contributed by atoms with Gasteiger partial charge in [0, 0.05) is 18.6 Å². The highest BCUT2D eigenvalue weighted by atomic mass is 16.3. The maximum atomic E-state index is 9.62. The number of hydrogen-bond acceptors (Lipinski definition) is 3. The number of likely N-dealkylation sites (tertiary alicyclic amines) is 1. The van der Waals surface area contributed by atoms with Gasteiger partial charge in [0.2, 0.25) is 0 Å². The van der Waals surface area contributed by atoms with E-state index < -0.39 is 0 Å². The molecule has 0 aromatic rings. The topological polar surface area (TPSA) is 26.7 Å². The summed E-state index contributed by atoms with van der Waals surface area (Å²) in [4.78, 5) is 5.52. The zero-order valence-electron chi connectivity index (χ0n) is 12.6. The SMILES string of the molecule is CCCN1CC2C3CCN(CC3)C2C1CCC(C)O. The molecule has 0 aliphatic carbocycles. The van der Waals surface area contributed by atoms with Crippen LogP contribution in [0.3, 0.4) is 0 Å². The molecule has 3 heteroatoms. The van der Waals surface area contributed by atoms with Crippen molar-refractivity contribution in [1.29, 1.82) is 0 Å². The van der Waals surface area contributed by atoms with Crippen LogP contribution in [0.1, 0.15) is 46.0 Å². The molecule has 0 aromatic carbocycles. The van der Waals surface area contributed by atoms with Crippen LogP contribution in [0.2, 0.25) is 0 Å². The van der Waals surface area contributed by atoms with Gasteiger partial charge in [-0.3, -0.25) is 9.80 Å². The molecule has 4 atom stereocenters. The average Bonchev–Trinajstić information content (AvgIpc) is 2.78. The first-order chi connectivity index (χ1) is 9.20. The van der Waals surface area contributed by atoms with Crippen molar-refractivity contribution in [2.45, 2.75) is 64.1 Å². The van der Waals surface area contributed by atoms with E-state index in [2.05, 4.69) is 16.7 Å². The summed E-state index contributed by atoms with van der Waals surface area (Å²) in [5.74, 6) is 1.92. The lowest BCUT2D eigenvalue weighted by Gasteiger charge is -2.49. The van der Waals surface area contributed by atoms with Crippen molar-refractivity contribution in [1.82, 2.24) is 9.80 Å². The van der Waals surface area contributed by atoms with Crippen LogP contribution in [-0.4, -0.2) is 59.3 Å². The third-order valence-electron chi connectivity index (χ3n) is 5.74. The van der Waals surface area contributed by atoms with E-state index in [-0.39, 0.29) is 6.10 Å². The maximum absolute atomic E-state index is 9.62. The van der Waals surface area contributed by atoms with E-state index in [0.717, 1.165) is 24.3 Å². The number of aliphatic hydroxyl groups excluding tert-OH is 1. The summed E-state index contributed by atoms with van der Waals surface area (Å²) in [6.45, 7) is 9.46. The lowest BCUT2D eigenvalue weighted by Crippen LogP contribution is -2.57. The molecule has 4 unspecified atom stereocenters. The summed E-state index contributed by atoms with van der Waals surface area (Å²) < 4.78 is 0. The highest BCUT2D eigenvalue weighted by Gasteiger charge is 2.51. The lowest BCUT2D eigenvalue weighted by molar-refractivity contribution is 0.000449. The predicted molar refractivity (Wildman–Crippen MR) is 78.1 cm³/mol. The largest absolute Gasteiger partial charge is 0.393 e. The Morgan fingerprint density at radius 2 is 2.00 bits per heavy atom. The van der Waals surface area contributed by atoms with Gasteiger partial charge in [-0.1, -0.05) is 6.92 Å². The van der Waals surface area contributed by atoms with Crippen molar-refractivity contribution in [2.24, 2.45) is 11.8 Å². The Morgan fingerprint density at radius 3 is 2.63 bits per heavy atom. The number of rotatable bonds is 5. The van der Waals surface area contributed by atoms with E-state index in [1.54, 1.807) is 0 Å². The van der Waals surface area contributed by atoms with Crippen molar-refractivity contribution in [3.05, 3.63) is 0 Å². The number of piperidine rings is 3. The Balaban J connectivity index is 1.73. The average molecular weight is 266 g/mol. The fourth-order valence-corrected chi connectivity index (χ4v) is 4.91. The first-order valence-electron chi connectivity index (χ1n) is 8.37. The summed E-state index contributed by atoms with van der Waals surface area (Å²) in [6, 6.07) is 1.51. The normalized spacial score (nSPS) is 43.4. The van der Waals surface area contributed by atoms with Crippen LogP contribution in [0.15, 0.2) is 0 Å². The van der Waals surface area contributed by atoms with E-state index in [0.29, 0.717) is 6.04 Å². The molecule has 4 aliphatic heterocycles. The molecule has 0 saturated carbocycles. The fraction of sp³-hybridized carbons (Fsp3) is 1.00. The number of fused-ring (bicyclic) bond motifs is 2. The molecule has 1 N–H and O–H groups in total. The van der Waals surface area contributed by atoms with Gasteiger partial charge in [-0.05, 0) is 70.5 Å². The van der Waals surface area contributed by atoms with E-state index >= 15 is 0 Å². The first kappa shape index (κ1) is 13.8. The Hall–Kier alpha value is -0.120. The minimum absolute atomic E-state index is 0.140. The van der Waals surface area contributed by atoms with Gasteiger partial charge in [-0.15, -0.1) is 0 Å². The second kappa shape index (κ2) is 5.71. The third-order valence-corrected chi connectivity index (χ3v) is 5.74. The molecule has 0 spiro atoms. The van der Waals surface area contributed by atoms with Crippen LogP contribution in [0.4, 0.5) is 0 Å². The number of hydrogen-bond donors (Lipinski definition) is 1. The maximum Gasteiger partial charge on any atom is 0.0512 e. The van der Waals surface area contributed by atoms with Gasteiger partial charge < -0.3 is 5.11 Å². The van der Waals surface area contributed by atoms with E-state index in [1.165, 1.54) is 51.9 Å². The third kappa shape index (κ3) is 2.57. The van der Waals surface area contributed by atoms with Gasteiger partial charge in [-0.2, -0.15) is 0 Å². The van der Waals surface area contributed by atoms with Gasteiger partial charge in [-0.25, -0.2) is 0 Å². The van der Waals surface area contributed by atoms with Gasteiger partial charge in [0.25, 0.3) is 0 Å². The molecule has 4 saturated heterocycles. The van der Waals surface area contributed by atoms with Gasteiger partial charge in [0.15, 0.2) is 0 Å². The van der Waals surface area contributed by atoms with E-state index in [4.69, 9.17) is 0 Å². The molecule has 4 rings (SSSR count). The van der Waals surface area contributed by atoms with Crippen molar-refractivity contribution in [2.75, 3.05) is 26.2 Å². The number of aliphatic hydroxyl groups is 1. The van der Waals surface area contributed by atoms with Crippen molar-refractivity contribution in [3.8, 4) is 0 Å². The van der Waals surface area contributed by atoms with Crippen LogP contribution >= 0.6 is 0 Å². The zero-order valence-corrected chi connectivity index (χ0v) is 12.6. The molecule has 4 heterocycles. The number of nitrogens with zero attached hydrogens (tertiary/aromatic N) is 2. The molecule has 0 aromatic heterocycles. The lowest BCUT2D eigenvalue weighted by atomic mass is 9.73. The van der Waals surface area contributed by atoms with Crippen LogP contribution in [0, 0.1) is 11.8 Å². The molecule has 4 fully saturated rings. The summed E-state index contributed by atoms with van der Waals surface area (Å²) >= 11 is 0. The second-order valence-corrected chi connectivity index (χ2v) is 7.02. The van der Waals surface area contributed by atoms with Crippen LogP contribution in [-0.2, 0) is 0 Å². The Morgan fingerprint density at radius 1 is 1.26 bits per heavy atom. The fourth-order valence-electron chi connectivity index (χ4n) is 4.91. The second-order valence-electron chi connectivity index (χ2n) is 7.02. The monoisotopic (exact) mass is 266 g/mol. The first-order valence-corrected chi connectivity index (χ1v) is 8.37. The van der Waals surface area contributed by atoms with Crippen LogP contribution < -0.4 is 0 Å². The van der Waals surface area contributed by atoms with Gasteiger partial charge in [0.05, 0.1) is 6.10 Å². The summed E-state index contributed by atoms with van der Waals surface area (Å²) in [7, 11) is 0. The standard InChI is InChI=1S/C16H30N2O/c1-3-8-18-11-14-13-6-9-17(10-7-13)16(14)15(18)5-4-12(2)19/h12-16,19H,3-11H2,1-2H3. The van der Waals surface area contributed by atoms with Crippen molar-refractivity contribution >= 4 is 0 Å². The quantitative estimate of drug-likeness (QED) is 0.824. The van der Waals surface area contributed by atoms with Gasteiger partial charge >= 0.3 is 0 Å². The minimum atomic E-state index is -0.140. The molecule has 110 valence electrons. The van der Waals surface area contributed by atoms with Crippen LogP contribution in [0.5, 0.6) is 0 Å². The molecular formula is C16H30N2O. The smallest absolute Gasteiger partial charge is 0.0512 e. The van der Waals surface area contributed by atoms with Crippen molar-refractivity contribution in [3.63, 3.8) is 0 Å². The molecule has 3 nitrogen and oxygen atoms in total. The zero-order chi connectivity index (χ0) is 13.4. The molecular weight excluding hydrogens is 236 g/mol. The highest BCUT2D eigenvalue weighted by Crippen LogP contribution is 2.45. The molecule has 19 heavy (non-hydrogen) atoms. The highest BCUT2D eigenvalue weighted by molar-refractivity contribution is 5.06. The minimum Gasteiger partial charge on any atom is -0.393 e. The van der Waals surface area contributed by atoms with E-state index in [1.807, 2.05) is 6.92 Å². The van der Waals surface area contributed by atoms with Crippen LogP contribution in [0.25, 0.3) is 0 Å². The predicted octanol–water partition coefficient (Wildman–Crippen LogP) is 1.95. The summed E-state index contributed by atoms with van der Waals surface area (Å²) in [5, 5.41) is 9.62. The van der Waals surface area contributed by atoms with E-state index in [9.17, 15) is 5.11 Å². The molecule has 4 aliphatic rings. The Bertz CT molecular complexity index is 299. The molecule has 0 radical (unpaired) electrons. The van der Waals surface area contributed by atoms with Gasteiger partial charge in [0.1, 0.15) is 0 Å². The summed E-state index contributed by atoms with van der Waals surface area (Å²) in [5.41, 5.74) is 0. The molecule has 0 amide bonds. The Labute approximate surface area is 118 Å².